The highest BCUT2D eigenvalue weighted by molar-refractivity contribution is 7.16. The smallest absolute Gasteiger partial charge is 0.227 e. The van der Waals surface area contributed by atoms with Gasteiger partial charge in [-0.2, -0.15) is 4.98 Å². The Morgan fingerprint density at radius 2 is 2.05 bits per heavy atom. The first-order chi connectivity index (χ1) is 9.52. The predicted octanol–water partition coefficient (Wildman–Crippen LogP) is 4.73. The average Bonchev–Trinajstić information content (AvgIpc) is 3.06. The topological polar surface area (TPSA) is 45.2 Å². The summed E-state index contributed by atoms with van der Waals surface area (Å²) in [6.07, 6.45) is 2.07. The second-order valence-corrected chi connectivity index (χ2v) is 6.99. The van der Waals surface area contributed by atoms with Crippen LogP contribution in [0.1, 0.15) is 43.0 Å². The van der Waals surface area contributed by atoms with Crippen molar-refractivity contribution < 1.29 is 5.11 Å². The number of anilines is 1. The Balaban J connectivity index is 1.88. The molecule has 3 nitrogen and oxygen atoms in total. The predicted molar refractivity (Wildman–Crippen MR) is 83.9 cm³/mol. The van der Waals surface area contributed by atoms with Crippen molar-refractivity contribution in [2.75, 3.05) is 5.32 Å². The van der Waals surface area contributed by atoms with E-state index in [1.165, 1.54) is 11.3 Å². The van der Waals surface area contributed by atoms with E-state index in [0.717, 1.165) is 33.4 Å². The van der Waals surface area contributed by atoms with E-state index >= 15 is 0 Å². The highest BCUT2D eigenvalue weighted by Gasteiger charge is 2.46. The molecule has 1 heterocycles. The zero-order valence-corrected chi connectivity index (χ0v) is 13.1. The molecule has 1 saturated carbocycles. The van der Waals surface area contributed by atoms with E-state index in [4.69, 9.17) is 11.6 Å². The summed E-state index contributed by atoms with van der Waals surface area (Å²) in [5.41, 5.74) is 0.999. The number of hydrogen-bond donors (Lipinski definition) is 2. The van der Waals surface area contributed by atoms with Crippen molar-refractivity contribution in [2.24, 2.45) is 0 Å². The minimum atomic E-state index is -0.114. The highest BCUT2D eigenvalue weighted by Crippen LogP contribution is 2.51. The van der Waals surface area contributed by atoms with Crippen LogP contribution in [-0.4, -0.2) is 10.1 Å². The van der Waals surface area contributed by atoms with Crippen LogP contribution >= 0.6 is 22.9 Å². The van der Waals surface area contributed by atoms with Crippen LogP contribution in [0.4, 0.5) is 5.13 Å². The molecule has 0 aliphatic heterocycles. The van der Waals surface area contributed by atoms with E-state index in [-0.39, 0.29) is 17.3 Å². The zero-order chi connectivity index (χ0) is 14.3. The van der Waals surface area contributed by atoms with Crippen molar-refractivity contribution in [3.8, 4) is 5.88 Å². The van der Waals surface area contributed by atoms with Gasteiger partial charge in [-0.15, -0.1) is 0 Å². The third-order valence-electron chi connectivity index (χ3n) is 3.64. The number of nitrogens with one attached hydrogen (secondary N) is 1. The summed E-state index contributed by atoms with van der Waals surface area (Å²) < 4.78 is 0. The summed E-state index contributed by atoms with van der Waals surface area (Å²) in [4.78, 5) is 5.15. The van der Waals surface area contributed by atoms with E-state index in [1.807, 2.05) is 18.2 Å². The molecule has 5 heteroatoms. The van der Waals surface area contributed by atoms with Crippen molar-refractivity contribution in [3.63, 3.8) is 0 Å². The summed E-state index contributed by atoms with van der Waals surface area (Å²) in [7, 11) is 0. The van der Waals surface area contributed by atoms with Gasteiger partial charge >= 0.3 is 0 Å². The fourth-order valence-electron chi connectivity index (χ4n) is 2.39. The minimum Gasteiger partial charge on any atom is -0.492 e. The first kappa shape index (κ1) is 13.7. The maximum atomic E-state index is 9.88. The molecule has 2 N–H and O–H groups in total. The van der Waals surface area contributed by atoms with Crippen LogP contribution in [0, 0.1) is 0 Å². The van der Waals surface area contributed by atoms with Crippen LogP contribution < -0.4 is 5.32 Å². The molecule has 0 unspecified atom stereocenters. The number of nitrogens with zero attached hydrogens (tertiary/aromatic N) is 1. The molecule has 1 aromatic heterocycles. The Labute approximate surface area is 127 Å². The molecule has 20 heavy (non-hydrogen) atoms. The Morgan fingerprint density at radius 3 is 2.60 bits per heavy atom. The van der Waals surface area contributed by atoms with Crippen LogP contribution in [0.2, 0.25) is 5.02 Å². The first-order valence-electron chi connectivity index (χ1n) is 6.75. The molecule has 1 aromatic carbocycles. The van der Waals surface area contributed by atoms with Crippen molar-refractivity contribution >= 4 is 28.1 Å². The molecule has 1 aliphatic carbocycles. The molecule has 106 valence electrons. The molecule has 0 saturated heterocycles. The molecule has 0 radical (unpaired) electrons. The standard InChI is InChI=1S/C15H17ClN2OS/c1-9(2)12-13(19)17-14(20-12)18-15(7-8-15)10-5-3-4-6-11(10)16/h3-6,9,19H,7-8H2,1-2H3,(H,17,18). The molecule has 0 atom stereocenters. The maximum Gasteiger partial charge on any atom is 0.227 e. The molecule has 1 fully saturated rings. The second-order valence-electron chi connectivity index (χ2n) is 5.55. The van der Waals surface area contributed by atoms with Gasteiger partial charge in [0.2, 0.25) is 5.88 Å². The van der Waals surface area contributed by atoms with Crippen molar-refractivity contribution in [3.05, 3.63) is 39.7 Å². The Hall–Kier alpha value is -1.26. The van der Waals surface area contributed by atoms with Crippen molar-refractivity contribution in [2.45, 2.75) is 38.1 Å². The Kier molecular flexibility index (Phi) is 3.38. The second kappa shape index (κ2) is 4.93. The van der Waals surface area contributed by atoms with Gasteiger partial charge in [0.25, 0.3) is 0 Å². The molecular weight excluding hydrogens is 292 g/mol. The van der Waals surface area contributed by atoms with E-state index in [2.05, 4.69) is 30.2 Å². The minimum absolute atomic E-state index is 0.114. The van der Waals surface area contributed by atoms with E-state index in [9.17, 15) is 5.11 Å². The number of aromatic hydroxyl groups is 1. The van der Waals surface area contributed by atoms with Gasteiger partial charge in [-0.25, -0.2) is 0 Å². The lowest BCUT2D eigenvalue weighted by atomic mass is 10.1. The number of halogens is 1. The quantitative estimate of drug-likeness (QED) is 0.858. The van der Waals surface area contributed by atoms with E-state index in [0.29, 0.717) is 0 Å². The van der Waals surface area contributed by atoms with Crippen LogP contribution in [0.5, 0.6) is 5.88 Å². The first-order valence-corrected chi connectivity index (χ1v) is 7.94. The van der Waals surface area contributed by atoms with Crippen molar-refractivity contribution in [1.29, 1.82) is 0 Å². The molecule has 0 amide bonds. The Bertz CT molecular complexity index is 635. The van der Waals surface area contributed by atoms with Crippen LogP contribution in [0.15, 0.2) is 24.3 Å². The fraction of sp³-hybridized carbons (Fsp3) is 0.400. The SMILES string of the molecule is CC(C)c1sc(NC2(c3ccccc3Cl)CC2)nc1O. The zero-order valence-electron chi connectivity index (χ0n) is 11.5. The average molecular weight is 309 g/mol. The Morgan fingerprint density at radius 1 is 1.35 bits per heavy atom. The lowest BCUT2D eigenvalue weighted by Crippen LogP contribution is -2.18. The number of aromatic nitrogens is 1. The number of rotatable bonds is 4. The summed E-state index contributed by atoms with van der Waals surface area (Å²) in [6, 6.07) is 7.91. The lowest BCUT2D eigenvalue weighted by molar-refractivity contribution is 0.449. The van der Waals surface area contributed by atoms with Gasteiger partial charge in [-0.05, 0) is 30.4 Å². The largest absolute Gasteiger partial charge is 0.492 e. The van der Waals surface area contributed by atoms with Crippen LogP contribution in [0.25, 0.3) is 0 Å². The van der Waals surface area contributed by atoms with Crippen LogP contribution in [-0.2, 0) is 5.54 Å². The van der Waals surface area contributed by atoms with E-state index < -0.39 is 0 Å². The molecule has 3 rings (SSSR count). The number of thiazole rings is 1. The summed E-state index contributed by atoms with van der Waals surface area (Å²) >= 11 is 7.82. The third-order valence-corrected chi connectivity index (χ3v) is 5.23. The van der Waals surface area contributed by atoms with Gasteiger partial charge in [0, 0.05) is 5.02 Å². The normalized spacial score (nSPS) is 16.4. The van der Waals surface area contributed by atoms with Gasteiger partial charge < -0.3 is 10.4 Å². The molecular formula is C15H17ClN2OS. The van der Waals surface area contributed by atoms with Crippen molar-refractivity contribution in [1.82, 2.24) is 4.98 Å². The molecule has 2 aromatic rings. The van der Waals surface area contributed by atoms with Crippen LogP contribution in [0.3, 0.4) is 0 Å². The summed E-state index contributed by atoms with van der Waals surface area (Å²) in [6.45, 7) is 4.11. The highest BCUT2D eigenvalue weighted by atomic mass is 35.5. The monoisotopic (exact) mass is 308 g/mol. The van der Waals surface area contributed by atoms with Gasteiger partial charge in [0.15, 0.2) is 5.13 Å². The third kappa shape index (κ3) is 2.38. The number of hydrogen-bond acceptors (Lipinski definition) is 4. The summed E-state index contributed by atoms with van der Waals surface area (Å²) in [5.74, 6) is 0.418. The van der Waals surface area contributed by atoms with E-state index in [1.54, 1.807) is 0 Å². The molecule has 0 bridgehead atoms. The van der Waals surface area contributed by atoms with Gasteiger partial charge in [-0.1, -0.05) is 55.0 Å². The van der Waals surface area contributed by atoms with Gasteiger partial charge in [-0.3, -0.25) is 0 Å². The van der Waals surface area contributed by atoms with Gasteiger partial charge in [0.05, 0.1) is 10.4 Å². The van der Waals surface area contributed by atoms with Gasteiger partial charge in [0.1, 0.15) is 0 Å². The molecule has 0 spiro atoms. The fourth-order valence-corrected chi connectivity index (χ4v) is 3.67. The molecule has 1 aliphatic rings. The summed E-state index contributed by atoms with van der Waals surface area (Å²) in [5, 5.41) is 14.9. The lowest BCUT2D eigenvalue weighted by Gasteiger charge is -2.18. The number of benzene rings is 1. The maximum absolute atomic E-state index is 9.88.